The number of esters is 1. The van der Waals surface area contributed by atoms with Crippen LogP contribution in [0.15, 0.2) is 41.8 Å². The fourth-order valence-corrected chi connectivity index (χ4v) is 3.71. The van der Waals surface area contributed by atoms with Gasteiger partial charge in [-0.25, -0.2) is 4.79 Å². The van der Waals surface area contributed by atoms with Crippen LogP contribution in [0.25, 0.3) is 0 Å². The second kappa shape index (κ2) is 8.66. The molecule has 28 heavy (non-hydrogen) atoms. The summed E-state index contributed by atoms with van der Waals surface area (Å²) >= 11 is 1.14. The molecule has 9 heteroatoms. The van der Waals surface area contributed by atoms with E-state index in [2.05, 4.69) is 15.4 Å². The lowest BCUT2D eigenvalue weighted by Gasteiger charge is -2.34. The predicted octanol–water partition coefficient (Wildman–Crippen LogP) is 1.50. The van der Waals surface area contributed by atoms with E-state index in [1.807, 2.05) is 0 Å². The Hall–Kier alpha value is -3.20. The number of hydrogen-bond acceptors (Lipinski definition) is 6. The zero-order valence-corrected chi connectivity index (χ0v) is 16.0. The largest absolute Gasteiger partial charge is 0.465 e. The molecule has 0 saturated carbocycles. The van der Waals surface area contributed by atoms with E-state index in [-0.39, 0.29) is 23.1 Å². The van der Waals surface area contributed by atoms with Crippen molar-refractivity contribution in [2.75, 3.05) is 25.5 Å². The number of amides is 3. The molecule has 2 heterocycles. The molecule has 1 aromatic carbocycles. The van der Waals surface area contributed by atoms with Crippen LogP contribution in [-0.4, -0.2) is 54.8 Å². The van der Waals surface area contributed by atoms with Crippen molar-refractivity contribution in [3.05, 3.63) is 52.2 Å². The number of methoxy groups -OCH3 is 1. The lowest BCUT2D eigenvalue weighted by atomic mass is 10.1. The number of carbonyl (C=O) groups excluding carboxylic acids is 4. The normalized spacial score (nSPS) is 16.2. The van der Waals surface area contributed by atoms with Crippen molar-refractivity contribution in [2.24, 2.45) is 0 Å². The van der Waals surface area contributed by atoms with Gasteiger partial charge in [0, 0.05) is 18.7 Å². The third kappa shape index (κ3) is 4.20. The van der Waals surface area contributed by atoms with Crippen molar-refractivity contribution in [3.8, 4) is 0 Å². The molecule has 1 aliphatic heterocycles. The number of nitrogens with one attached hydrogen (secondary N) is 2. The molecule has 2 N–H and O–H groups in total. The monoisotopic (exact) mass is 401 g/mol. The summed E-state index contributed by atoms with van der Waals surface area (Å²) < 4.78 is 4.68. The van der Waals surface area contributed by atoms with Crippen LogP contribution in [0.4, 0.5) is 5.69 Å². The number of carbonyl (C=O) groups is 4. The highest BCUT2D eigenvalue weighted by atomic mass is 32.1. The number of piperazine rings is 1. The molecule has 1 fully saturated rings. The zero-order valence-electron chi connectivity index (χ0n) is 15.1. The van der Waals surface area contributed by atoms with Gasteiger partial charge in [-0.15, -0.1) is 11.3 Å². The van der Waals surface area contributed by atoms with Crippen LogP contribution in [0.3, 0.4) is 0 Å². The number of rotatable bonds is 5. The third-order valence-corrected chi connectivity index (χ3v) is 5.20. The van der Waals surface area contributed by atoms with E-state index in [0.29, 0.717) is 24.3 Å². The van der Waals surface area contributed by atoms with Gasteiger partial charge in [0.05, 0.1) is 19.2 Å². The molecule has 146 valence electrons. The summed E-state index contributed by atoms with van der Waals surface area (Å²) in [6, 6.07) is 9.27. The Labute approximate surface area is 165 Å². The van der Waals surface area contributed by atoms with Crippen LogP contribution in [0, 0.1) is 0 Å². The van der Waals surface area contributed by atoms with Gasteiger partial charge in [-0.1, -0.05) is 18.2 Å². The molecule has 3 amide bonds. The summed E-state index contributed by atoms with van der Waals surface area (Å²) in [5.41, 5.74) is 0.771. The van der Waals surface area contributed by atoms with E-state index in [4.69, 9.17) is 0 Å². The van der Waals surface area contributed by atoms with Gasteiger partial charge in [0.25, 0.3) is 5.91 Å². The first-order valence-corrected chi connectivity index (χ1v) is 9.48. The lowest BCUT2D eigenvalue weighted by molar-refractivity contribution is -0.131. The van der Waals surface area contributed by atoms with Gasteiger partial charge in [0.1, 0.15) is 10.9 Å². The SMILES string of the molecule is COC(=O)c1sccc1NC(=O)C[C@@H]1C(=O)NCCN1C(=O)c1ccccc1. The lowest BCUT2D eigenvalue weighted by Crippen LogP contribution is -2.58. The minimum Gasteiger partial charge on any atom is -0.465 e. The summed E-state index contributed by atoms with van der Waals surface area (Å²) in [6.45, 7) is 0.635. The first-order valence-electron chi connectivity index (χ1n) is 8.60. The van der Waals surface area contributed by atoms with Crippen molar-refractivity contribution in [2.45, 2.75) is 12.5 Å². The first kappa shape index (κ1) is 19.6. The van der Waals surface area contributed by atoms with Gasteiger partial charge in [-0.3, -0.25) is 14.4 Å². The van der Waals surface area contributed by atoms with Crippen molar-refractivity contribution < 1.29 is 23.9 Å². The third-order valence-electron chi connectivity index (χ3n) is 4.30. The van der Waals surface area contributed by atoms with E-state index < -0.39 is 17.9 Å². The molecule has 0 bridgehead atoms. The van der Waals surface area contributed by atoms with E-state index >= 15 is 0 Å². The molecule has 1 aliphatic rings. The van der Waals surface area contributed by atoms with E-state index in [9.17, 15) is 19.2 Å². The standard InChI is InChI=1S/C19H19N3O5S/c1-27-19(26)16-13(7-10-28-16)21-15(23)11-14-17(24)20-8-9-22(14)18(25)12-5-3-2-4-6-12/h2-7,10,14H,8-9,11H2,1H3,(H,20,24)(H,21,23)/t14-/m1/s1. The highest BCUT2D eigenvalue weighted by Gasteiger charge is 2.35. The van der Waals surface area contributed by atoms with Crippen LogP contribution in [0.5, 0.6) is 0 Å². The maximum Gasteiger partial charge on any atom is 0.350 e. The quantitative estimate of drug-likeness (QED) is 0.739. The average Bonchev–Trinajstić information content (AvgIpc) is 3.17. The van der Waals surface area contributed by atoms with Crippen LogP contribution in [0.1, 0.15) is 26.5 Å². The molecule has 1 aromatic heterocycles. The second-order valence-corrected chi connectivity index (χ2v) is 6.99. The van der Waals surface area contributed by atoms with Crippen LogP contribution in [0.2, 0.25) is 0 Å². The predicted molar refractivity (Wildman–Crippen MR) is 103 cm³/mol. The van der Waals surface area contributed by atoms with E-state index in [1.165, 1.54) is 12.0 Å². The highest BCUT2D eigenvalue weighted by molar-refractivity contribution is 7.12. The van der Waals surface area contributed by atoms with Gasteiger partial charge in [-0.2, -0.15) is 0 Å². The summed E-state index contributed by atoms with van der Waals surface area (Å²) in [5.74, 6) is -1.72. The van der Waals surface area contributed by atoms with E-state index in [1.54, 1.807) is 41.8 Å². The molecule has 1 atom stereocenters. The van der Waals surface area contributed by atoms with Crippen LogP contribution >= 0.6 is 11.3 Å². The molecule has 0 aliphatic carbocycles. The number of benzene rings is 1. The van der Waals surface area contributed by atoms with Crippen molar-refractivity contribution in [1.82, 2.24) is 10.2 Å². The maximum absolute atomic E-state index is 12.8. The summed E-state index contributed by atoms with van der Waals surface area (Å²) in [4.78, 5) is 51.1. The number of thiophene rings is 1. The van der Waals surface area contributed by atoms with Crippen molar-refractivity contribution >= 4 is 40.7 Å². The fraction of sp³-hybridized carbons (Fsp3) is 0.263. The topological polar surface area (TPSA) is 105 Å². The maximum atomic E-state index is 12.8. The number of anilines is 1. The van der Waals surface area contributed by atoms with E-state index in [0.717, 1.165) is 11.3 Å². The molecule has 8 nitrogen and oxygen atoms in total. The number of hydrogen-bond donors (Lipinski definition) is 2. The fourth-order valence-electron chi connectivity index (χ4n) is 2.94. The second-order valence-electron chi connectivity index (χ2n) is 6.08. The van der Waals surface area contributed by atoms with Gasteiger partial charge in [-0.05, 0) is 23.6 Å². The Kier molecular flexibility index (Phi) is 6.05. The Balaban J connectivity index is 1.74. The molecule has 1 saturated heterocycles. The molecule has 3 rings (SSSR count). The highest BCUT2D eigenvalue weighted by Crippen LogP contribution is 2.24. The summed E-state index contributed by atoms with van der Waals surface area (Å²) in [5, 5.41) is 6.97. The van der Waals surface area contributed by atoms with Crippen molar-refractivity contribution in [1.29, 1.82) is 0 Å². The molecular weight excluding hydrogens is 382 g/mol. The first-order chi connectivity index (χ1) is 13.5. The Bertz CT molecular complexity index is 896. The number of ether oxygens (including phenoxy) is 1. The van der Waals surface area contributed by atoms with Gasteiger partial charge < -0.3 is 20.3 Å². The molecular formula is C19H19N3O5S. The molecule has 0 unspecified atom stereocenters. The Morgan fingerprint density at radius 1 is 1.25 bits per heavy atom. The molecule has 0 spiro atoms. The van der Waals surface area contributed by atoms with Gasteiger partial charge >= 0.3 is 5.97 Å². The average molecular weight is 401 g/mol. The zero-order chi connectivity index (χ0) is 20.1. The summed E-state index contributed by atoms with van der Waals surface area (Å²) in [7, 11) is 1.26. The van der Waals surface area contributed by atoms with Crippen LogP contribution in [-0.2, 0) is 14.3 Å². The van der Waals surface area contributed by atoms with Crippen LogP contribution < -0.4 is 10.6 Å². The van der Waals surface area contributed by atoms with Gasteiger partial charge in [0.15, 0.2) is 0 Å². The minimum absolute atomic E-state index is 0.221. The minimum atomic E-state index is -0.929. The smallest absolute Gasteiger partial charge is 0.350 e. The molecule has 2 aromatic rings. The summed E-state index contributed by atoms with van der Waals surface area (Å²) in [6.07, 6.45) is -0.221. The van der Waals surface area contributed by atoms with Crippen molar-refractivity contribution in [3.63, 3.8) is 0 Å². The Morgan fingerprint density at radius 2 is 2.00 bits per heavy atom. The van der Waals surface area contributed by atoms with Gasteiger partial charge in [0.2, 0.25) is 11.8 Å². The molecule has 0 radical (unpaired) electrons. The Morgan fingerprint density at radius 3 is 2.71 bits per heavy atom. The number of nitrogens with zero attached hydrogens (tertiary/aromatic N) is 1.